The van der Waals surface area contributed by atoms with Crippen LogP contribution in [0.25, 0.3) is 11.6 Å². The normalized spacial score (nSPS) is 27.1. The van der Waals surface area contributed by atoms with Crippen LogP contribution < -0.4 is 0 Å². The fourth-order valence-corrected chi connectivity index (χ4v) is 2.23. The molecule has 2 aliphatic rings. The Morgan fingerprint density at radius 3 is 3.07 bits per heavy atom. The molecule has 0 saturated heterocycles. The second-order valence-electron chi connectivity index (χ2n) is 4.01. The lowest BCUT2D eigenvalue weighted by molar-refractivity contribution is 0.102. The second kappa shape index (κ2) is 2.97. The molecule has 3 rings (SSSR count). The van der Waals surface area contributed by atoms with Crippen LogP contribution in [0.5, 0.6) is 5.75 Å². The Hall–Kier alpha value is -1.54. The number of fused-ring (bicyclic) bond motifs is 3. The van der Waals surface area contributed by atoms with Gasteiger partial charge in [0.25, 0.3) is 0 Å². The van der Waals surface area contributed by atoms with Gasteiger partial charge in [-0.15, -0.1) is 0 Å². The van der Waals surface area contributed by atoms with Gasteiger partial charge in [-0.2, -0.15) is 0 Å². The van der Waals surface area contributed by atoms with Crippen LogP contribution in [-0.2, 0) is 4.74 Å². The maximum atomic E-state index is 9.40. The molecule has 0 amide bonds. The average molecular weight is 200 g/mol. The van der Waals surface area contributed by atoms with Gasteiger partial charge in [0.1, 0.15) is 11.9 Å². The van der Waals surface area contributed by atoms with Gasteiger partial charge in [-0.3, -0.25) is 0 Å². The van der Waals surface area contributed by atoms with Gasteiger partial charge in [-0.1, -0.05) is 18.2 Å². The summed E-state index contributed by atoms with van der Waals surface area (Å²) < 4.78 is 5.71. The summed E-state index contributed by atoms with van der Waals surface area (Å²) in [5, 5.41) is 9.40. The standard InChI is InChI=1S/C13H12O2/c1-8-6-12-11-4-3-10(14)7-9(11)2-5-13(12)15-8/h2-8,13-14H,1H3. The topological polar surface area (TPSA) is 29.5 Å². The first kappa shape index (κ1) is 8.74. The van der Waals surface area contributed by atoms with Gasteiger partial charge in [0.15, 0.2) is 0 Å². The summed E-state index contributed by atoms with van der Waals surface area (Å²) in [4.78, 5) is 0. The van der Waals surface area contributed by atoms with Crippen LogP contribution in [0.15, 0.2) is 30.4 Å². The highest BCUT2D eigenvalue weighted by Gasteiger charge is 2.27. The number of phenols is 1. The van der Waals surface area contributed by atoms with E-state index >= 15 is 0 Å². The second-order valence-corrected chi connectivity index (χ2v) is 4.01. The Morgan fingerprint density at radius 2 is 2.20 bits per heavy atom. The van der Waals surface area contributed by atoms with Crippen molar-refractivity contribution >= 4 is 11.6 Å². The smallest absolute Gasteiger partial charge is 0.116 e. The van der Waals surface area contributed by atoms with Gasteiger partial charge in [-0.25, -0.2) is 0 Å². The summed E-state index contributed by atoms with van der Waals surface area (Å²) in [5.74, 6) is 0.310. The molecule has 2 nitrogen and oxygen atoms in total. The highest BCUT2D eigenvalue weighted by atomic mass is 16.5. The molecule has 1 N–H and O–H groups in total. The molecule has 1 aliphatic carbocycles. The first-order valence-corrected chi connectivity index (χ1v) is 5.13. The van der Waals surface area contributed by atoms with Crippen LogP contribution in [0, 0.1) is 0 Å². The maximum absolute atomic E-state index is 9.40. The number of ether oxygens (including phenoxy) is 1. The first-order valence-electron chi connectivity index (χ1n) is 5.13. The van der Waals surface area contributed by atoms with Crippen molar-refractivity contribution in [2.75, 3.05) is 0 Å². The Bertz CT molecular complexity index is 471. The monoisotopic (exact) mass is 200 g/mol. The van der Waals surface area contributed by atoms with E-state index in [1.165, 1.54) is 11.1 Å². The lowest BCUT2D eigenvalue weighted by atomic mass is 9.91. The molecule has 1 aromatic carbocycles. The maximum Gasteiger partial charge on any atom is 0.116 e. The van der Waals surface area contributed by atoms with Crippen molar-refractivity contribution in [3.05, 3.63) is 41.5 Å². The van der Waals surface area contributed by atoms with E-state index in [1.54, 1.807) is 12.1 Å². The van der Waals surface area contributed by atoms with Crippen molar-refractivity contribution in [1.29, 1.82) is 0 Å². The van der Waals surface area contributed by atoms with Gasteiger partial charge >= 0.3 is 0 Å². The molecule has 1 aromatic rings. The third kappa shape index (κ3) is 1.29. The molecular weight excluding hydrogens is 188 g/mol. The lowest BCUT2D eigenvalue weighted by Crippen LogP contribution is -2.11. The number of hydrogen-bond donors (Lipinski definition) is 1. The van der Waals surface area contributed by atoms with Gasteiger partial charge in [0.2, 0.25) is 0 Å². The fourth-order valence-electron chi connectivity index (χ4n) is 2.23. The van der Waals surface area contributed by atoms with Crippen LogP contribution >= 0.6 is 0 Å². The molecule has 2 heteroatoms. The van der Waals surface area contributed by atoms with Crippen molar-refractivity contribution < 1.29 is 9.84 Å². The lowest BCUT2D eigenvalue weighted by Gasteiger charge is -2.18. The number of rotatable bonds is 0. The van der Waals surface area contributed by atoms with Crippen molar-refractivity contribution in [3.8, 4) is 5.75 Å². The molecule has 1 heterocycles. The van der Waals surface area contributed by atoms with Crippen LogP contribution in [0.2, 0.25) is 0 Å². The van der Waals surface area contributed by atoms with Gasteiger partial charge < -0.3 is 9.84 Å². The average Bonchev–Trinajstić information content (AvgIpc) is 2.58. The Morgan fingerprint density at radius 1 is 1.33 bits per heavy atom. The number of aromatic hydroxyl groups is 1. The molecule has 76 valence electrons. The van der Waals surface area contributed by atoms with E-state index in [0.717, 1.165) is 5.56 Å². The summed E-state index contributed by atoms with van der Waals surface area (Å²) in [6.07, 6.45) is 6.46. The predicted octanol–water partition coefficient (Wildman–Crippen LogP) is 2.59. The Kier molecular flexibility index (Phi) is 1.73. The summed E-state index contributed by atoms with van der Waals surface area (Å²) in [6.45, 7) is 2.04. The number of benzene rings is 1. The third-order valence-corrected chi connectivity index (χ3v) is 2.88. The molecule has 15 heavy (non-hydrogen) atoms. The van der Waals surface area contributed by atoms with Crippen molar-refractivity contribution in [3.63, 3.8) is 0 Å². The highest BCUT2D eigenvalue weighted by molar-refractivity contribution is 5.83. The van der Waals surface area contributed by atoms with E-state index < -0.39 is 0 Å². The molecular formula is C13H12O2. The predicted molar refractivity (Wildman–Crippen MR) is 59.5 cm³/mol. The summed E-state index contributed by atoms with van der Waals surface area (Å²) in [5.41, 5.74) is 3.46. The number of hydrogen-bond acceptors (Lipinski definition) is 2. The summed E-state index contributed by atoms with van der Waals surface area (Å²) >= 11 is 0. The van der Waals surface area contributed by atoms with Crippen LogP contribution in [0.4, 0.5) is 0 Å². The van der Waals surface area contributed by atoms with Crippen LogP contribution in [0.3, 0.4) is 0 Å². The van der Waals surface area contributed by atoms with Gasteiger partial charge in [0.05, 0.1) is 6.10 Å². The minimum atomic E-state index is 0.0945. The molecule has 0 saturated carbocycles. The summed E-state index contributed by atoms with van der Waals surface area (Å²) in [6, 6.07) is 5.46. The minimum absolute atomic E-state index is 0.0945. The van der Waals surface area contributed by atoms with E-state index in [0.29, 0.717) is 5.75 Å². The molecule has 1 aliphatic heterocycles. The molecule has 2 unspecified atom stereocenters. The van der Waals surface area contributed by atoms with Crippen molar-refractivity contribution in [1.82, 2.24) is 0 Å². The fraction of sp³-hybridized carbons (Fsp3) is 0.231. The molecule has 0 spiro atoms. The zero-order chi connectivity index (χ0) is 10.4. The first-order chi connectivity index (χ1) is 7.24. The molecule has 2 atom stereocenters. The summed E-state index contributed by atoms with van der Waals surface area (Å²) in [7, 11) is 0. The zero-order valence-corrected chi connectivity index (χ0v) is 8.47. The highest BCUT2D eigenvalue weighted by Crippen LogP contribution is 2.37. The van der Waals surface area contributed by atoms with Crippen LogP contribution in [-0.4, -0.2) is 17.3 Å². The molecule has 0 radical (unpaired) electrons. The minimum Gasteiger partial charge on any atom is -0.508 e. The number of phenolic OH excluding ortho intramolecular Hbond substituents is 1. The van der Waals surface area contributed by atoms with Crippen LogP contribution in [0.1, 0.15) is 18.1 Å². The molecule has 0 fully saturated rings. The van der Waals surface area contributed by atoms with E-state index in [1.807, 2.05) is 25.1 Å². The Balaban J connectivity index is 2.17. The van der Waals surface area contributed by atoms with Crippen molar-refractivity contribution in [2.45, 2.75) is 19.1 Å². The molecule has 0 aromatic heterocycles. The quantitative estimate of drug-likeness (QED) is 0.697. The largest absolute Gasteiger partial charge is 0.508 e. The van der Waals surface area contributed by atoms with Gasteiger partial charge in [0, 0.05) is 0 Å². The van der Waals surface area contributed by atoms with Gasteiger partial charge in [-0.05, 0) is 41.8 Å². The van der Waals surface area contributed by atoms with E-state index in [4.69, 9.17) is 4.74 Å². The SMILES string of the molecule is CC1C=C2c3ccc(O)cc3C=CC2O1. The van der Waals surface area contributed by atoms with Crippen molar-refractivity contribution in [2.24, 2.45) is 0 Å². The third-order valence-electron chi connectivity index (χ3n) is 2.88. The zero-order valence-electron chi connectivity index (χ0n) is 8.47. The Labute approximate surface area is 88.5 Å². The molecule has 0 bridgehead atoms. The van der Waals surface area contributed by atoms with E-state index in [-0.39, 0.29) is 12.2 Å². The van der Waals surface area contributed by atoms with E-state index in [2.05, 4.69) is 6.08 Å². The van der Waals surface area contributed by atoms with E-state index in [9.17, 15) is 5.11 Å².